The molecule has 7 heteroatoms. The van der Waals surface area contributed by atoms with Crippen molar-refractivity contribution in [3.05, 3.63) is 35.4 Å². The van der Waals surface area contributed by atoms with Crippen molar-refractivity contribution in [2.24, 2.45) is 0 Å². The number of ether oxygens (including phenoxy) is 1. The Balaban J connectivity index is 1.85. The molecule has 124 valence electrons. The highest BCUT2D eigenvalue weighted by Gasteiger charge is 2.50. The van der Waals surface area contributed by atoms with Crippen LogP contribution in [-0.4, -0.2) is 36.1 Å². The Labute approximate surface area is 132 Å². The number of hydrogen-bond donors (Lipinski definition) is 1. The molecule has 1 N–H and O–H groups in total. The fourth-order valence-corrected chi connectivity index (χ4v) is 3.08. The molecule has 0 radical (unpaired) electrons. The van der Waals surface area contributed by atoms with Crippen molar-refractivity contribution in [1.29, 1.82) is 0 Å². The molecule has 0 spiro atoms. The van der Waals surface area contributed by atoms with E-state index in [0.717, 1.165) is 42.4 Å². The number of hydrogen-bond acceptors (Lipinski definition) is 3. The molecule has 2 heterocycles. The van der Waals surface area contributed by atoms with Gasteiger partial charge in [-0.3, -0.25) is 9.69 Å². The van der Waals surface area contributed by atoms with Gasteiger partial charge in [-0.05, 0) is 44.4 Å². The van der Waals surface area contributed by atoms with E-state index in [-0.39, 0.29) is 18.2 Å². The normalized spacial score (nSPS) is 28.1. The first kappa shape index (κ1) is 15.9. The molecule has 0 aromatic heterocycles. The van der Waals surface area contributed by atoms with Gasteiger partial charge in [-0.15, -0.1) is 0 Å². The van der Waals surface area contributed by atoms with Crippen molar-refractivity contribution < 1.29 is 23.1 Å². The minimum Gasteiger partial charge on any atom is -0.376 e. The summed E-state index contributed by atoms with van der Waals surface area (Å²) < 4.78 is 33.0. The summed E-state index contributed by atoms with van der Waals surface area (Å²) in [5, 5.41) is 2.48. The molecule has 2 fully saturated rings. The molecule has 3 rings (SSSR count). The zero-order chi connectivity index (χ0) is 16.6. The van der Waals surface area contributed by atoms with Gasteiger partial charge in [-0.2, -0.15) is 0 Å². The number of amides is 3. The summed E-state index contributed by atoms with van der Waals surface area (Å²) in [4.78, 5) is 25.9. The highest BCUT2D eigenvalue weighted by atomic mass is 19.1. The minimum atomic E-state index is -1.61. The highest BCUT2D eigenvalue weighted by molar-refractivity contribution is 6.07. The van der Waals surface area contributed by atoms with Gasteiger partial charge in [0.2, 0.25) is 0 Å². The number of imide groups is 1. The molecule has 2 aliphatic heterocycles. The SMILES string of the molecule is C[C@@]1(c2cc(F)ccc2F)NC(=O)N(C[C@H]2CCCCO2)C1=O. The first-order valence-electron chi connectivity index (χ1n) is 7.63. The van der Waals surface area contributed by atoms with E-state index in [0.29, 0.717) is 6.61 Å². The van der Waals surface area contributed by atoms with Crippen molar-refractivity contribution >= 4 is 11.9 Å². The molecule has 0 bridgehead atoms. The average molecular weight is 324 g/mol. The van der Waals surface area contributed by atoms with Gasteiger partial charge in [0.25, 0.3) is 5.91 Å². The molecule has 23 heavy (non-hydrogen) atoms. The molecule has 1 aromatic carbocycles. The second-order valence-electron chi connectivity index (χ2n) is 6.08. The van der Waals surface area contributed by atoms with Crippen molar-refractivity contribution in [2.45, 2.75) is 37.8 Å². The second-order valence-corrected chi connectivity index (χ2v) is 6.08. The monoisotopic (exact) mass is 324 g/mol. The fourth-order valence-electron chi connectivity index (χ4n) is 3.08. The number of nitrogens with one attached hydrogen (secondary N) is 1. The first-order chi connectivity index (χ1) is 10.9. The zero-order valence-corrected chi connectivity index (χ0v) is 12.8. The van der Waals surface area contributed by atoms with Crippen molar-refractivity contribution in [2.75, 3.05) is 13.2 Å². The number of nitrogens with zero attached hydrogens (tertiary/aromatic N) is 1. The van der Waals surface area contributed by atoms with Crippen LogP contribution in [0.5, 0.6) is 0 Å². The third-order valence-electron chi connectivity index (χ3n) is 4.40. The summed E-state index contributed by atoms with van der Waals surface area (Å²) in [5.41, 5.74) is -1.79. The van der Waals surface area contributed by atoms with Crippen LogP contribution in [0.1, 0.15) is 31.7 Å². The lowest BCUT2D eigenvalue weighted by Crippen LogP contribution is -2.43. The summed E-state index contributed by atoms with van der Waals surface area (Å²) in [5.74, 6) is -2.00. The van der Waals surface area contributed by atoms with Crippen LogP contribution in [0.4, 0.5) is 13.6 Å². The Hall–Kier alpha value is -2.02. The Morgan fingerprint density at radius 1 is 1.35 bits per heavy atom. The highest BCUT2D eigenvalue weighted by Crippen LogP contribution is 2.31. The number of rotatable bonds is 3. The molecular weight excluding hydrogens is 306 g/mol. The average Bonchev–Trinajstić information content (AvgIpc) is 2.75. The van der Waals surface area contributed by atoms with Crippen molar-refractivity contribution in [1.82, 2.24) is 10.2 Å². The lowest BCUT2D eigenvalue weighted by molar-refractivity contribution is -0.133. The second kappa shape index (κ2) is 5.88. The number of benzene rings is 1. The summed E-state index contributed by atoms with van der Waals surface area (Å²) >= 11 is 0. The van der Waals surface area contributed by atoms with E-state index in [1.807, 2.05) is 0 Å². The maximum Gasteiger partial charge on any atom is 0.325 e. The molecule has 5 nitrogen and oxygen atoms in total. The summed E-state index contributed by atoms with van der Waals surface area (Å²) in [6.45, 7) is 2.11. The number of carbonyl (C=O) groups excluding carboxylic acids is 2. The van der Waals surface area contributed by atoms with Crippen LogP contribution in [0, 0.1) is 11.6 Å². The smallest absolute Gasteiger partial charge is 0.325 e. The third-order valence-corrected chi connectivity index (χ3v) is 4.40. The number of halogens is 2. The van der Waals surface area contributed by atoms with E-state index in [9.17, 15) is 18.4 Å². The quantitative estimate of drug-likeness (QED) is 0.868. The summed E-state index contributed by atoms with van der Waals surface area (Å²) in [6.07, 6.45) is 2.49. The van der Waals surface area contributed by atoms with Crippen LogP contribution in [0.15, 0.2) is 18.2 Å². The van der Waals surface area contributed by atoms with E-state index in [2.05, 4.69) is 5.32 Å². The van der Waals surface area contributed by atoms with Crippen LogP contribution >= 0.6 is 0 Å². The maximum absolute atomic E-state index is 14.0. The van der Waals surface area contributed by atoms with E-state index < -0.39 is 29.1 Å². The van der Waals surface area contributed by atoms with E-state index >= 15 is 0 Å². The largest absolute Gasteiger partial charge is 0.376 e. The van der Waals surface area contributed by atoms with Gasteiger partial charge in [0.15, 0.2) is 0 Å². The number of urea groups is 1. The molecule has 1 aromatic rings. The topological polar surface area (TPSA) is 58.6 Å². The molecular formula is C16H18F2N2O3. The molecule has 3 amide bonds. The third kappa shape index (κ3) is 2.81. The van der Waals surface area contributed by atoms with Crippen molar-refractivity contribution in [3.8, 4) is 0 Å². The molecule has 2 aliphatic rings. The molecule has 0 unspecified atom stereocenters. The summed E-state index contributed by atoms with van der Waals surface area (Å²) in [6, 6.07) is 2.24. The molecule has 0 aliphatic carbocycles. The van der Waals surface area contributed by atoms with Gasteiger partial charge in [0.05, 0.1) is 12.6 Å². The van der Waals surface area contributed by atoms with Crippen molar-refractivity contribution in [3.63, 3.8) is 0 Å². The van der Waals surface area contributed by atoms with Gasteiger partial charge in [-0.1, -0.05) is 0 Å². The lowest BCUT2D eigenvalue weighted by atomic mass is 9.91. The van der Waals surface area contributed by atoms with Crippen LogP contribution in [-0.2, 0) is 15.1 Å². The van der Waals surface area contributed by atoms with E-state index in [1.54, 1.807) is 0 Å². The standard InChI is InChI=1S/C16H18F2N2O3/c1-16(12-8-10(17)5-6-13(12)18)14(21)20(15(22)19-16)9-11-4-2-3-7-23-11/h5-6,8,11H,2-4,7,9H2,1H3,(H,19,22)/t11-,16+/m1/s1. The van der Waals surface area contributed by atoms with Gasteiger partial charge in [0.1, 0.15) is 17.2 Å². The predicted molar refractivity (Wildman–Crippen MR) is 77.5 cm³/mol. The first-order valence-corrected chi connectivity index (χ1v) is 7.63. The van der Waals surface area contributed by atoms with Gasteiger partial charge < -0.3 is 10.1 Å². The van der Waals surface area contributed by atoms with Crippen LogP contribution in [0.2, 0.25) is 0 Å². The molecule has 0 saturated carbocycles. The van der Waals surface area contributed by atoms with E-state index in [1.165, 1.54) is 6.92 Å². The molecule has 2 saturated heterocycles. The van der Waals surface area contributed by atoms with E-state index in [4.69, 9.17) is 4.74 Å². The Bertz CT molecular complexity index is 646. The molecule has 2 atom stereocenters. The van der Waals surface area contributed by atoms with Crippen LogP contribution in [0.3, 0.4) is 0 Å². The maximum atomic E-state index is 14.0. The van der Waals surface area contributed by atoms with Crippen LogP contribution < -0.4 is 5.32 Å². The summed E-state index contributed by atoms with van der Waals surface area (Å²) in [7, 11) is 0. The van der Waals surface area contributed by atoms with Gasteiger partial charge in [0, 0.05) is 12.2 Å². The van der Waals surface area contributed by atoms with Gasteiger partial charge >= 0.3 is 6.03 Å². The Kier molecular flexibility index (Phi) is 4.06. The van der Waals surface area contributed by atoms with Gasteiger partial charge in [-0.25, -0.2) is 13.6 Å². The Morgan fingerprint density at radius 3 is 2.83 bits per heavy atom. The zero-order valence-electron chi connectivity index (χ0n) is 12.8. The Morgan fingerprint density at radius 2 is 2.13 bits per heavy atom. The fraction of sp³-hybridized carbons (Fsp3) is 0.500. The minimum absolute atomic E-state index is 0.122. The van der Waals surface area contributed by atoms with Crippen LogP contribution in [0.25, 0.3) is 0 Å². The lowest BCUT2D eigenvalue weighted by Gasteiger charge is -2.27. The number of carbonyl (C=O) groups is 2. The predicted octanol–water partition coefficient (Wildman–Crippen LogP) is 2.30.